The van der Waals surface area contributed by atoms with E-state index in [1.54, 1.807) is 0 Å². The molecule has 1 aromatic heterocycles. The largest absolute Gasteiger partial charge is 0.351 e. The standard InChI is InChI=1S/C14H20N2OS/c17-14(13-2-1-7-18-13)15-6-5-10-8-11-3-4-12(9-10)16-11/h1-2,7,10-12,16H,3-6,8-9H2,(H,15,17). The van der Waals surface area contributed by atoms with Crippen molar-refractivity contribution in [3.63, 3.8) is 0 Å². The van der Waals surface area contributed by atoms with Crippen LogP contribution in [0.4, 0.5) is 0 Å². The average Bonchev–Trinajstić information content (AvgIpc) is 2.99. The van der Waals surface area contributed by atoms with Gasteiger partial charge in [-0.25, -0.2) is 0 Å². The first kappa shape index (κ1) is 12.2. The van der Waals surface area contributed by atoms with E-state index in [0.717, 1.165) is 35.8 Å². The first-order valence-electron chi connectivity index (χ1n) is 6.89. The number of rotatable bonds is 4. The zero-order chi connectivity index (χ0) is 12.4. The predicted octanol–water partition coefficient (Wildman–Crippen LogP) is 2.40. The van der Waals surface area contributed by atoms with Crippen LogP contribution in [0, 0.1) is 5.92 Å². The zero-order valence-corrected chi connectivity index (χ0v) is 11.3. The molecule has 2 bridgehead atoms. The minimum atomic E-state index is 0.0851. The van der Waals surface area contributed by atoms with Crippen LogP contribution in [0.1, 0.15) is 41.8 Å². The second-order valence-corrected chi connectivity index (χ2v) is 6.44. The summed E-state index contributed by atoms with van der Waals surface area (Å²) in [6.07, 6.45) is 6.42. The van der Waals surface area contributed by atoms with Gasteiger partial charge < -0.3 is 10.6 Å². The fourth-order valence-corrected chi connectivity index (χ4v) is 3.94. The van der Waals surface area contributed by atoms with Crippen molar-refractivity contribution in [2.75, 3.05) is 6.54 Å². The van der Waals surface area contributed by atoms with Crippen molar-refractivity contribution in [3.8, 4) is 0 Å². The van der Waals surface area contributed by atoms with E-state index in [4.69, 9.17) is 0 Å². The third kappa shape index (κ3) is 2.75. The first-order chi connectivity index (χ1) is 8.81. The van der Waals surface area contributed by atoms with E-state index in [0.29, 0.717) is 0 Å². The highest BCUT2D eigenvalue weighted by atomic mass is 32.1. The smallest absolute Gasteiger partial charge is 0.261 e. The molecule has 2 saturated heterocycles. The van der Waals surface area contributed by atoms with E-state index in [2.05, 4.69) is 10.6 Å². The molecule has 0 aliphatic carbocycles. The summed E-state index contributed by atoms with van der Waals surface area (Å²) in [6, 6.07) is 5.30. The van der Waals surface area contributed by atoms with Gasteiger partial charge in [-0.15, -0.1) is 11.3 Å². The molecule has 18 heavy (non-hydrogen) atoms. The Hall–Kier alpha value is -0.870. The number of amides is 1. The van der Waals surface area contributed by atoms with Gasteiger partial charge in [0.15, 0.2) is 0 Å². The number of carbonyl (C=O) groups excluding carboxylic acids is 1. The fourth-order valence-electron chi connectivity index (χ4n) is 3.30. The second-order valence-electron chi connectivity index (χ2n) is 5.50. The highest BCUT2D eigenvalue weighted by Crippen LogP contribution is 2.32. The van der Waals surface area contributed by atoms with E-state index in [1.165, 1.54) is 37.0 Å². The number of nitrogens with one attached hydrogen (secondary N) is 2. The molecule has 0 aromatic carbocycles. The Bertz CT molecular complexity index is 392. The van der Waals surface area contributed by atoms with Crippen LogP contribution < -0.4 is 10.6 Å². The lowest BCUT2D eigenvalue weighted by Gasteiger charge is -2.29. The summed E-state index contributed by atoms with van der Waals surface area (Å²) in [5.74, 6) is 0.884. The van der Waals surface area contributed by atoms with E-state index >= 15 is 0 Å². The topological polar surface area (TPSA) is 41.1 Å². The van der Waals surface area contributed by atoms with E-state index in [-0.39, 0.29) is 5.91 Å². The lowest BCUT2D eigenvalue weighted by molar-refractivity contribution is 0.0954. The minimum absolute atomic E-state index is 0.0851. The maximum absolute atomic E-state index is 11.8. The molecule has 2 N–H and O–H groups in total. The third-order valence-electron chi connectivity index (χ3n) is 4.15. The van der Waals surface area contributed by atoms with Gasteiger partial charge in [-0.3, -0.25) is 4.79 Å². The molecule has 98 valence electrons. The molecule has 2 atom stereocenters. The number of piperidine rings is 1. The molecule has 3 rings (SSSR count). The van der Waals surface area contributed by atoms with Gasteiger partial charge in [0.05, 0.1) is 4.88 Å². The summed E-state index contributed by atoms with van der Waals surface area (Å²) in [7, 11) is 0. The molecule has 2 aliphatic heterocycles. The zero-order valence-electron chi connectivity index (χ0n) is 10.5. The van der Waals surface area contributed by atoms with Crippen LogP contribution in [-0.2, 0) is 0 Å². The minimum Gasteiger partial charge on any atom is -0.351 e. The number of hydrogen-bond donors (Lipinski definition) is 2. The Morgan fingerprint density at radius 3 is 2.83 bits per heavy atom. The maximum Gasteiger partial charge on any atom is 0.261 e. The number of carbonyl (C=O) groups is 1. The highest BCUT2D eigenvalue weighted by molar-refractivity contribution is 7.12. The summed E-state index contributed by atoms with van der Waals surface area (Å²) in [6.45, 7) is 0.820. The van der Waals surface area contributed by atoms with Gasteiger partial charge in [0, 0.05) is 18.6 Å². The number of fused-ring (bicyclic) bond motifs is 2. The summed E-state index contributed by atoms with van der Waals surface area (Å²) in [5.41, 5.74) is 0. The van der Waals surface area contributed by atoms with Gasteiger partial charge in [-0.2, -0.15) is 0 Å². The lowest BCUT2D eigenvalue weighted by Crippen LogP contribution is -2.39. The molecule has 0 saturated carbocycles. The fraction of sp³-hybridized carbons (Fsp3) is 0.643. The highest BCUT2D eigenvalue weighted by Gasteiger charge is 2.32. The molecule has 0 spiro atoms. The van der Waals surface area contributed by atoms with Gasteiger partial charge in [-0.1, -0.05) is 6.07 Å². The van der Waals surface area contributed by atoms with Crippen molar-refractivity contribution in [1.29, 1.82) is 0 Å². The van der Waals surface area contributed by atoms with E-state index in [9.17, 15) is 4.79 Å². The molecule has 1 amide bonds. The molecule has 2 unspecified atom stereocenters. The Balaban J connectivity index is 1.41. The summed E-state index contributed by atoms with van der Waals surface area (Å²) in [5, 5.41) is 8.63. The van der Waals surface area contributed by atoms with Crippen molar-refractivity contribution in [3.05, 3.63) is 22.4 Å². The van der Waals surface area contributed by atoms with Crippen molar-refractivity contribution < 1.29 is 4.79 Å². The average molecular weight is 264 g/mol. The summed E-state index contributed by atoms with van der Waals surface area (Å²) in [4.78, 5) is 12.6. The Morgan fingerprint density at radius 1 is 1.39 bits per heavy atom. The second kappa shape index (κ2) is 5.41. The monoisotopic (exact) mass is 264 g/mol. The summed E-state index contributed by atoms with van der Waals surface area (Å²) >= 11 is 1.51. The molecule has 4 heteroatoms. The molecule has 0 radical (unpaired) electrons. The first-order valence-corrected chi connectivity index (χ1v) is 7.77. The molecule has 1 aromatic rings. The molecular formula is C14H20N2OS. The molecule has 2 aliphatic rings. The van der Waals surface area contributed by atoms with Gasteiger partial charge in [0.1, 0.15) is 0 Å². The Morgan fingerprint density at radius 2 is 2.17 bits per heavy atom. The van der Waals surface area contributed by atoms with Crippen LogP contribution >= 0.6 is 11.3 Å². The maximum atomic E-state index is 11.8. The quantitative estimate of drug-likeness (QED) is 0.877. The molecule has 3 nitrogen and oxygen atoms in total. The van der Waals surface area contributed by atoms with Crippen LogP contribution in [0.15, 0.2) is 17.5 Å². The van der Waals surface area contributed by atoms with Crippen LogP contribution in [0.25, 0.3) is 0 Å². The lowest BCUT2D eigenvalue weighted by atomic mass is 9.90. The third-order valence-corrected chi connectivity index (χ3v) is 5.02. The Kier molecular flexibility index (Phi) is 3.66. The van der Waals surface area contributed by atoms with Gasteiger partial charge >= 0.3 is 0 Å². The van der Waals surface area contributed by atoms with Gasteiger partial charge in [0.25, 0.3) is 5.91 Å². The number of thiophene rings is 1. The van der Waals surface area contributed by atoms with Crippen molar-refractivity contribution in [1.82, 2.24) is 10.6 Å². The Labute approximate surface area is 112 Å². The van der Waals surface area contributed by atoms with Crippen LogP contribution in [0.5, 0.6) is 0 Å². The molecular weight excluding hydrogens is 244 g/mol. The van der Waals surface area contributed by atoms with Crippen molar-refractivity contribution in [2.45, 2.75) is 44.2 Å². The van der Waals surface area contributed by atoms with Gasteiger partial charge in [-0.05, 0) is 49.5 Å². The van der Waals surface area contributed by atoms with Crippen LogP contribution in [0.2, 0.25) is 0 Å². The SMILES string of the molecule is O=C(NCCC1CC2CCC(C1)N2)c1cccs1. The molecule has 3 heterocycles. The van der Waals surface area contributed by atoms with Crippen LogP contribution in [0.3, 0.4) is 0 Å². The van der Waals surface area contributed by atoms with Crippen LogP contribution in [-0.4, -0.2) is 24.5 Å². The number of hydrogen-bond acceptors (Lipinski definition) is 3. The van der Waals surface area contributed by atoms with E-state index in [1.807, 2.05) is 17.5 Å². The normalized spacial score (nSPS) is 30.3. The van der Waals surface area contributed by atoms with Gasteiger partial charge in [0.2, 0.25) is 0 Å². The molecule has 2 fully saturated rings. The van der Waals surface area contributed by atoms with Crippen molar-refractivity contribution >= 4 is 17.2 Å². The summed E-state index contributed by atoms with van der Waals surface area (Å²) < 4.78 is 0. The predicted molar refractivity (Wildman–Crippen MR) is 73.9 cm³/mol. The van der Waals surface area contributed by atoms with Crippen molar-refractivity contribution in [2.24, 2.45) is 5.92 Å². The van der Waals surface area contributed by atoms with E-state index < -0.39 is 0 Å².